The lowest BCUT2D eigenvalue weighted by Crippen LogP contribution is -2.37. The van der Waals surface area contributed by atoms with Crippen molar-refractivity contribution in [1.29, 1.82) is 0 Å². The van der Waals surface area contributed by atoms with E-state index in [9.17, 15) is 4.39 Å². The average Bonchev–Trinajstić information content (AvgIpc) is 2.44. The molecule has 1 heterocycles. The maximum atomic E-state index is 12.8. The van der Waals surface area contributed by atoms with Gasteiger partial charge in [-0.15, -0.1) is 0 Å². The highest BCUT2D eigenvalue weighted by molar-refractivity contribution is 5.47. The average molecular weight is 208 g/mol. The van der Waals surface area contributed by atoms with Crippen molar-refractivity contribution in [2.45, 2.75) is 19.4 Å². The van der Waals surface area contributed by atoms with E-state index in [1.165, 1.54) is 12.1 Å². The first kappa shape index (κ1) is 10.4. The van der Waals surface area contributed by atoms with Crippen molar-refractivity contribution in [1.82, 2.24) is 5.32 Å². The largest absolute Gasteiger partial charge is 0.367 e. The van der Waals surface area contributed by atoms with Gasteiger partial charge in [0, 0.05) is 24.8 Å². The van der Waals surface area contributed by atoms with E-state index in [-0.39, 0.29) is 5.82 Å². The van der Waals surface area contributed by atoms with Crippen LogP contribution in [0.2, 0.25) is 0 Å². The molecule has 0 spiro atoms. The summed E-state index contributed by atoms with van der Waals surface area (Å²) in [6, 6.07) is 7.24. The highest BCUT2D eigenvalue weighted by Gasteiger charge is 2.16. The first-order chi connectivity index (χ1) is 7.27. The van der Waals surface area contributed by atoms with Gasteiger partial charge in [-0.1, -0.05) is 0 Å². The topological polar surface area (TPSA) is 15.3 Å². The number of hydrogen-bond acceptors (Lipinski definition) is 2. The van der Waals surface area contributed by atoms with Crippen molar-refractivity contribution in [3.8, 4) is 0 Å². The highest BCUT2D eigenvalue weighted by atomic mass is 19.1. The Hall–Kier alpha value is -1.09. The SMILES string of the molecule is CC1CNCCCN1c1ccc(F)cc1. The Kier molecular flexibility index (Phi) is 3.21. The summed E-state index contributed by atoms with van der Waals surface area (Å²) in [6.45, 7) is 5.31. The van der Waals surface area contributed by atoms with Crippen LogP contribution < -0.4 is 10.2 Å². The summed E-state index contributed by atoms with van der Waals surface area (Å²) in [7, 11) is 0. The molecule has 1 aromatic rings. The zero-order chi connectivity index (χ0) is 10.7. The Morgan fingerprint density at radius 3 is 2.80 bits per heavy atom. The molecular formula is C12H17FN2. The number of nitrogens with zero attached hydrogens (tertiary/aromatic N) is 1. The predicted octanol–water partition coefficient (Wildman–Crippen LogP) is 2.01. The van der Waals surface area contributed by atoms with Gasteiger partial charge in [0.2, 0.25) is 0 Å². The Bertz CT molecular complexity index is 310. The number of nitrogens with one attached hydrogen (secondary N) is 1. The lowest BCUT2D eigenvalue weighted by molar-refractivity contribution is 0.620. The van der Waals surface area contributed by atoms with Crippen LogP contribution in [0.25, 0.3) is 0 Å². The van der Waals surface area contributed by atoms with Crippen LogP contribution in [0, 0.1) is 5.82 Å². The van der Waals surface area contributed by atoms with E-state index in [1.807, 2.05) is 12.1 Å². The quantitative estimate of drug-likeness (QED) is 0.759. The lowest BCUT2D eigenvalue weighted by atomic mass is 10.2. The molecule has 0 saturated carbocycles. The van der Waals surface area contributed by atoms with Gasteiger partial charge in [0.05, 0.1) is 0 Å². The number of anilines is 1. The number of rotatable bonds is 1. The van der Waals surface area contributed by atoms with Crippen LogP contribution in [-0.4, -0.2) is 25.7 Å². The van der Waals surface area contributed by atoms with E-state index in [2.05, 4.69) is 17.1 Å². The molecule has 0 amide bonds. The van der Waals surface area contributed by atoms with Crippen LogP contribution in [0.5, 0.6) is 0 Å². The minimum atomic E-state index is -0.167. The molecule has 0 bridgehead atoms. The van der Waals surface area contributed by atoms with Crippen molar-refractivity contribution < 1.29 is 4.39 Å². The van der Waals surface area contributed by atoms with E-state index in [0.29, 0.717) is 6.04 Å². The number of benzene rings is 1. The highest BCUT2D eigenvalue weighted by Crippen LogP contribution is 2.18. The third kappa shape index (κ3) is 2.48. The van der Waals surface area contributed by atoms with Crippen LogP contribution >= 0.6 is 0 Å². The normalized spacial score (nSPS) is 22.5. The maximum absolute atomic E-state index is 12.8. The molecule has 1 aromatic carbocycles. The van der Waals surface area contributed by atoms with Gasteiger partial charge < -0.3 is 10.2 Å². The van der Waals surface area contributed by atoms with E-state index in [4.69, 9.17) is 0 Å². The van der Waals surface area contributed by atoms with Gasteiger partial charge in [0.15, 0.2) is 0 Å². The standard InChI is InChI=1S/C12H17FN2/c1-10-9-14-7-2-8-15(10)12-5-3-11(13)4-6-12/h3-6,10,14H,2,7-9H2,1H3. The van der Waals surface area contributed by atoms with Crippen LogP contribution in [0.4, 0.5) is 10.1 Å². The van der Waals surface area contributed by atoms with Crippen molar-refractivity contribution in [2.24, 2.45) is 0 Å². The lowest BCUT2D eigenvalue weighted by Gasteiger charge is -2.29. The summed E-state index contributed by atoms with van der Waals surface area (Å²) in [6.07, 6.45) is 1.14. The van der Waals surface area contributed by atoms with Crippen molar-refractivity contribution >= 4 is 5.69 Å². The van der Waals surface area contributed by atoms with E-state index in [1.54, 1.807) is 0 Å². The van der Waals surface area contributed by atoms with Crippen molar-refractivity contribution in [3.63, 3.8) is 0 Å². The van der Waals surface area contributed by atoms with E-state index in [0.717, 1.165) is 31.7 Å². The van der Waals surface area contributed by atoms with Crippen LogP contribution in [0.1, 0.15) is 13.3 Å². The summed E-state index contributed by atoms with van der Waals surface area (Å²) >= 11 is 0. The molecule has 82 valence electrons. The van der Waals surface area contributed by atoms with Gasteiger partial charge in [0.25, 0.3) is 0 Å². The van der Waals surface area contributed by atoms with Gasteiger partial charge >= 0.3 is 0 Å². The Balaban J connectivity index is 2.16. The molecule has 1 fully saturated rings. The summed E-state index contributed by atoms with van der Waals surface area (Å²) in [5.74, 6) is -0.167. The van der Waals surface area contributed by atoms with Crippen molar-refractivity contribution in [2.75, 3.05) is 24.5 Å². The second-order valence-corrected chi connectivity index (χ2v) is 4.08. The molecule has 1 aliphatic heterocycles. The first-order valence-corrected chi connectivity index (χ1v) is 5.50. The van der Waals surface area contributed by atoms with Crippen LogP contribution in [0.15, 0.2) is 24.3 Å². The second kappa shape index (κ2) is 4.62. The fourth-order valence-corrected chi connectivity index (χ4v) is 2.03. The fraction of sp³-hybridized carbons (Fsp3) is 0.500. The molecule has 0 aromatic heterocycles. The zero-order valence-electron chi connectivity index (χ0n) is 9.04. The second-order valence-electron chi connectivity index (χ2n) is 4.08. The molecule has 0 aliphatic carbocycles. The molecule has 2 rings (SSSR count). The molecule has 1 aliphatic rings. The number of halogens is 1. The smallest absolute Gasteiger partial charge is 0.123 e. The number of hydrogen-bond donors (Lipinski definition) is 1. The molecule has 1 atom stereocenters. The van der Waals surface area contributed by atoms with Gasteiger partial charge in [-0.25, -0.2) is 4.39 Å². The zero-order valence-corrected chi connectivity index (χ0v) is 9.04. The van der Waals surface area contributed by atoms with Crippen molar-refractivity contribution in [3.05, 3.63) is 30.1 Å². The summed E-state index contributed by atoms with van der Waals surface area (Å²) in [5.41, 5.74) is 1.12. The minimum Gasteiger partial charge on any atom is -0.367 e. The monoisotopic (exact) mass is 208 g/mol. The summed E-state index contributed by atoms with van der Waals surface area (Å²) in [5, 5.41) is 3.39. The molecule has 0 radical (unpaired) electrons. The van der Waals surface area contributed by atoms with E-state index < -0.39 is 0 Å². The van der Waals surface area contributed by atoms with Gasteiger partial charge in [-0.05, 0) is 44.2 Å². The molecule has 3 heteroatoms. The van der Waals surface area contributed by atoms with Gasteiger partial charge in [0.1, 0.15) is 5.82 Å². The van der Waals surface area contributed by atoms with Crippen LogP contribution in [-0.2, 0) is 0 Å². The molecular weight excluding hydrogens is 191 g/mol. The Morgan fingerprint density at radius 1 is 1.33 bits per heavy atom. The minimum absolute atomic E-state index is 0.167. The maximum Gasteiger partial charge on any atom is 0.123 e. The molecule has 1 N–H and O–H groups in total. The summed E-state index contributed by atoms with van der Waals surface area (Å²) < 4.78 is 12.8. The van der Waals surface area contributed by atoms with Gasteiger partial charge in [-0.2, -0.15) is 0 Å². The third-order valence-electron chi connectivity index (χ3n) is 2.88. The van der Waals surface area contributed by atoms with Gasteiger partial charge in [-0.3, -0.25) is 0 Å². The predicted molar refractivity (Wildman–Crippen MR) is 60.7 cm³/mol. The third-order valence-corrected chi connectivity index (χ3v) is 2.88. The molecule has 2 nitrogen and oxygen atoms in total. The molecule has 15 heavy (non-hydrogen) atoms. The first-order valence-electron chi connectivity index (χ1n) is 5.50. The Morgan fingerprint density at radius 2 is 2.07 bits per heavy atom. The Labute approximate surface area is 90.1 Å². The fourth-order valence-electron chi connectivity index (χ4n) is 2.03. The molecule has 1 saturated heterocycles. The molecule has 1 unspecified atom stereocenters. The van der Waals surface area contributed by atoms with Crippen LogP contribution in [0.3, 0.4) is 0 Å². The van der Waals surface area contributed by atoms with E-state index >= 15 is 0 Å². The summed E-state index contributed by atoms with van der Waals surface area (Å²) in [4.78, 5) is 2.33.